The van der Waals surface area contributed by atoms with Crippen molar-refractivity contribution in [1.29, 1.82) is 0 Å². The summed E-state index contributed by atoms with van der Waals surface area (Å²) in [5, 5.41) is 20.7. The summed E-state index contributed by atoms with van der Waals surface area (Å²) < 4.78 is 2.02. The van der Waals surface area contributed by atoms with E-state index in [0.717, 1.165) is 31.6 Å². The second-order valence-corrected chi connectivity index (χ2v) is 10.8. The van der Waals surface area contributed by atoms with Gasteiger partial charge in [0, 0.05) is 60.3 Å². The largest absolute Gasteiger partial charge is 0.351 e. The highest BCUT2D eigenvalue weighted by molar-refractivity contribution is 6.04. The Bertz CT molecular complexity index is 1540. The summed E-state index contributed by atoms with van der Waals surface area (Å²) >= 11 is 0. The molecule has 0 bridgehead atoms. The SMILES string of the molecule is CC(C)N1CCC(Nc2nc(Nc3cccc(NC(=O)c4ccc([N+](=O)[O-])cc4)c3)c3ncn(C(C)C)c3n2)CC1. The van der Waals surface area contributed by atoms with Crippen LogP contribution in [0.15, 0.2) is 54.9 Å². The van der Waals surface area contributed by atoms with Gasteiger partial charge in [0.15, 0.2) is 17.0 Å². The van der Waals surface area contributed by atoms with Crippen molar-refractivity contribution < 1.29 is 9.72 Å². The zero-order chi connectivity index (χ0) is 29.1. The summed E-state index contributed by atoms with van der Waals surface area (Å²) in [4.78, 5) is 39.9. The normalized spacial score (nSPS) is 14.5. The maximum absolute atomic E-state index is 12.8. The number of aromatic nitrogens is 4. The summed E-state index contributed by atoms with van der Waals surface area (Å²) in [6, 6.07) is 13.7. The van der Waals surface area contributed by atoms with Crippen molar-refractivity contribution >= 4 is 45.9 Å². The van der Waals surface area contributed by atoms with Gasteiger partial charge in [-0.25, -0.2) is 4.98 Å². The number of fused-ring (bicyclic) bond motifs is 1. The van der Waals surface area contributed by atoms with E-state index < -0.39 is 4.92 Å². The predicted octanol–water partition coefficient (Wildman–Crippen LogP) is 5.60. The third-order valence-electron chi connectivity index (χ3n) is 7.29. The van der Waals surface area contributed by atoms with Crippen LogP contribution in [0.1, 0.15) is 56.9 Å². The standard InChI is InChI=1S/C29H35N9O3/c1-18(2)36-14-12-21(13-15-36)33-29-34-26(25-27(35-29)37(17-30-25)19(3)4)31-22-6-5-7-23(16-22)32-28(39)20-8-10-24(11-9-20)38(40)41/h5-11,16-19,21H,12-15H2,1-4H3,(H,32,39)(H2,31,33,34,35). The monoisotopic (exact) mass is 557 g/mol. The summed E-state index contributed by atoms with van der Waals surface area (Å²) in [7, 11) is 0. The van der Waals surface area contributed by atoms with Gasteiger partial charge in [-0.2, -0.15) is 9.97 Å². The Kier molecular flexibility index (Phi) is 8.11. The lowest BCUT2D eigenvalue weighted by atomic mass is 10.0. The number of imidazole rings is 1. The number of benzene rings is 2. The van der Waals surface area contributed by atoms with Crippen LogP contribution in [0.3, 0.4) is 0 Å². The summed E-state index contributed by atoms with van der Waals surface area (Å²) in [6.07, 6.45) is 3.81. The van der Waals surface area contributed by atoms with E-state index in [4.69, 9.17) is 9.97 Å². The molecule has 3 heterocycles. The van der Waals surface area contributed by atoms with Gasteiger partial charge in [0.2, 0.25) is 5.95 Å². The molecule has 12 heteroatoms. The molecular formula is C29H35N9O3. The van der Waals surface area contributed by atoms with Crippen LogP contribution < -0.4 is 16.0 Å². The Morgan fingerprint density at radius 1 is 1.00 bits per heavy atom. The Morgan fingerprint density at radius 2 is 1.71 bits per heavy atom. The molecule has 12 nitrogen and oxygen atoms in total. The van der Waals surface area contributed by atoms with Gasteiger partial charge in [-0.1, -0.05) is 6.07 Å². The zero-order valence-corrected chi connectivity index (χ0v) is 23.7. The van der Waals surface area contributed by atoms with E-state index in [2.05, 4.69) is 53.5 Å². The number of likely N-dealkylation sites (tertiary alicyclic amines) is 1. The van der Waals surface area contributed by atoms with Crippen molar-refractivity contribution in [2.45, 2.75) is 58.7 Å². The number of amides is 1. The lowest BCUT2D eigenvalue weighted by Gasteiger charge is -2.34. The van der Waals surface area contributed by atoms with Crippen LogP contribution in [0.5, 0.6) is 0 Å². The van der Waals surface area contributed by atoms with E-state index >= 15 is 0 Å². The van der Waals surface area contributed by atoms with Gasteiger partial charge >= 0.3 is 0 Å². The van der Waals surface area contributed by atoms with Gasteiger partial charge in [-0.05, 0) is 70.9 Å². The quantitative estimate of drug-likeness (QED) is 0.177. The van der Waals surface area contributed by atoms with Crippen LogP contribution in [0.25, 0.3) is 11.2 Å². The molecule has 3 N–H and O–H groups in total. The van der Waals surface area contributed by atoms with Gasteiger partial charge in [0.25, 0.3) is 11.6 Å². The third-order valence-corrected chi connectivity index (χ3v) is 7.29. The number of nitro groups is 1. The minimum Gasteiger partial charge on any atom is -0.351 e. The minimum absolute atomic E-state index is 0.0706. The highest BCUT2D eigenvalue weighted by Crippen LogP contribution is 2.28. The lowest BCUT2D eigenvalue weighted by molar-refractivity contribution is -0.384. The molecular weight excluding hydrogens is 522 g/mol. The van der Waals surface area contributed by atoms with Gasteiger partial charge in [0.05, 0.1) is 11.3 Å². The number of hydrogen-bond donors (Lipinski definition) is 3. The lowest BCUT2D eigenvalue weighted by Crippen LogP contribution is -2.42. The Morgan fingerprint density at radius 3 is 2.37 bits per heavy atom. The van der Waals surface area contributed by atoms with Crippen LogP contribution in [0.2, 0.25) is 0 Å². The highest BCUT2D eigenvalue weighted by Gasteiger charge is 2.23. The van der Waals surface area contributed by atoms with Gasteiger partial charge in [-0.15, -0.1) is 0 Å². The fraction of sp³-hybridized carbons (Fsp3) is 0.379. The van der Waals surface area contributed by atoms with Crippen LogP contribution in [0, 0.1) is 10.1 Å². The Balaban J connectivity index is 1.36. The second-order valence-electron chi connectivity index (χ2n) is 10.8. The van der Waals surface area contributed by atoms with E-state index in [1.165, 1.54) is 24.3 Å². The molecule has 5 rings (SSSR count). The highest BCUT2D eigenvalue weighted by atomic mass is 16.6. The number of non-ortho nitro benzene ring substituents is 1. The predicted molar refractivity (Wildman–Crippen MR) is 160 cm³/mol. The fourth-order valence-electron chi connectivity index (χ4n) is 4.94. The van der Waals surface area contributed by atoms with Crippen molar-refractivity contribution in [3.8, 4) is 0 Å². The first kappa shape index (κ1) is 28.0. The molecule has 0 radical (unpaired) electrons. The zero-order valence-electron chi connectivity index (χ0n) is 23.7. The van der Waals surface area contributed by atoms with Crippen LogP contribution in [0.4, 0.5) is 28.8 Å². The third kappa shape index (κ3) is 6.43. The van der Waals surface area contributed by atoms with Crippen LogP contribution >= 0.6 is 0 Å². The van der Waals surface area contributed by atoms with Crippen molar-refractivity contribution in [3.63, 3.8) is 0 Å². The molecule has 0 spiro atoms. The van der Waals surface area contributed by atoms with E-state index in [9.17, 15) is 14.9 Å². The molecule has 0 unspecified atom stereocenters. The number of rotatable bonds is 9. The molecule has 2 aromatic carbocycles. The van der Waals surface area contributed by atoms with E-state index in [1.807, 2.05) is 16.7 Å². The fourth-order valence-corrected chi connectivity index (χ4v) is 4.94. The smallest absolute Gasteiger partial charge is 0.269 e. The summed E-state index contributed by atoms with van der Waals surface area (Å²) in [5.74, 6) is 0.746. The first-order chi connectivity index (χ1) is 19.7. The average molecular weight is 558 g/mol. The maximum Gasteiger partial charge on any atom is 0.269 e. The van der Waals surface area contributed by atoms with Crippen molar-refractivity contribution in [2.24, 2.45) is 0 Å². The Hall–Kier alpha value is -4.58. The van der Waals surface area contributed by atoms with Crippen molar-refractivity contribution in [3.05, 3.63) is 70.5 Å². The molecule has 1 amide bonds. The van der Waals surface area contributed by atoms with E-state index in [1.54, 1.807) is 18.5 Å². The minimum atomic E-state index is -0.498. The number of carbonyl (C=O) groups is 1. The summed E-state index contributed by atoms with van der Waals surface area (Å²) in [5.41, 5.74) is 2.91. The van der Waals surface area contributed by atoms with Gasteiger partial charge in [0.1, 0.15) is 0 Å². The number of anilines is 4. The molecule has 1 fully saturated rings. The first-order valence-electron chi connectivity index (χ1n) is 13.9. The van der Waals surface area contributed by atoms with Crippen LogP contribution in [-0.2, 0) is 0 Å². The number of carbonyl (C=O) groups excluding carboxylic acids is 1. The molecule has 0 aliphatic carbocycles. The summed E-state index contributed by atoms with van der Waals surface area (Å²) in [6.45, 7) is 10.7. The number of nitro benzene ring substituents is 1. The number of nitrogens with zero attached hydrogens (tertiary/aromatic N) is 6. The maximum atomic E-state index is 12.8. The molecule has 1 saturated heterocycles. The average Bonchev–Trinajstić information content (AvgIpc) is 3.38. The molecule has 0 atom stereocenters. The number of piperidine rings is 1. The first-order valence-corrected chi connectivity index (χ1v) is 13.9. The molecule has 41 heavy (non-hydrogen) atoms. The molecule has 1 aliphatic heterocycles. The molecule has 0 saturated carbocycles. The molecule has 4 aromatic rings. The van der Waals surface area contributed by atoms with Crippen molar-refractivity contribution in [1.82, 2.24) is 24.4 Å². The van der Waals surface area contributed by atoms with E-state index in [0.29, 0.717) is 40.3 Å². The van der Waals surface area contributed by atoms with Crippen LogP contribution in [-0.4, -0.2) is 60.4 Å². The topological polar surface area (TPSA) is 143 Å². The van der Waals surface area contributed by atoms with E-state index in [-0.39, 0.29) is 23.7 Å². The Labute approximate surface area is 238 Å². The number of nitrogens with one attached hydrogen (secondary N) is 3. The molecule has 1 aliphatic rings. The second kappa shape index (κ2) is 11.9. The van der Waals surface area contributed by atoms with Gasteiger partial charge < -0.3 is 25.4 Å². The van der Waals surface area contributed by atoms with Crippen molar-refractivity contribution in [2.75, 3.05) is 29.0 Å². The number of hydrogen-bond acceptors (Lipinski definition) is 9. The molecule has 214 valence electrons. The molecule has 2 aromatic heterocycles. The van der Waals surface area contributed by atoms with Gasteiger partial charge in [-0.3, -0.25) is 14.9 Å².